The van der Waals surface area contributed by atoms with E-state index < -0.39 is 5.25 Å². The molecule has 0 aliphatic carbocycles. The number of benzene rings is 2. The molecule has 8 heteroatoms. The number of tetrazole rings is 1. The third-order valence-corrected chi connectivity index (χ3v) is 5.49. The van der Waals surface area contributed by atoms with Gasteiger partial charge in [0.05, 0.1) is 10.9 Å². The van der Waals surface area contributed by atoms with Gasteiger partial charge < -0.3 is 5.32 Å². The van der Waals surface area contributed by atoms with E-state index >= 15 is 0 Å². The van der Waals surface area contributed by atoms with Crippen LogP contribution in [0.4, 0.5) is 5.69 Å². The molecule has 0 saturated heterocycles. The number of carbonyl (C=O) groups excluding carboxylic acids is 2. The zero-order valence-electron chi connectivity index (χ0n) is 16.8. The number of carbonyl (C=O) groups is 2. The lowest BCUT2D eigenvalue weighted by molar-refractivity contribution is -0.115. The van der Waals surface area contributed by atoms with Crippen LogP contribution in [-0.4, -0.2) is 37.1 Å². The summed E-state index contributed by atoms with van der Waals surface area (Å²) in [5, 5.41) is 14.8. The number of ketones is 1. The third-order valence-electron chi connectivity index (χ3n) is 4.46. The number of rotatable bonds is 7. The van der Waals surface area contributed by atoms with Crippen LogP contribution < -0.4 is 5.32 Å². The Bertz CT molecular complexity index is 997. The molecule has 3 rings (SSSR count). The van der Waals surface area contributed by atoms with Crippen LogP contribution in [0.5, 0.6) is 0 Å². The summed E-state index contributed by atoms with van der Waals surface area (Å²) in [7, 11) is 0. The molecule has 0 aliphatic heterocycles. The molecule has 0 bridgehead atoms. The standard InChI is InChI=1S/C21H23N5O2S/c1-13(2)16-7-11-19(12-8-16)26-21(23-24-25-26)29-15(4)20(28)22-18-9-5-17(6-10-18)14(3)27/h5-13,15H,1-4H3,(H,22,28)/t15-/m1/s1. The molecule has 1 amide bonds. The number of anilines is 1. The molecule has 1 heterocycles. The summed E-state index contributed by atoms with van der Waals surface area (Å²) >= 11 is 1.28. The molecule has 0 radical (unpaired) electrons. The van der Waals surface area contributed by atoms with E-state index in [0.29, 0.717) is 22.3 Å². The van der Waals surface area contributed by atoms with Gasteiger partial charge in [0, 0.05) is 11.3 Å². The Hall–Kier alpha value is -3.00. The topological polar surface area (TPSA) is 89.8 Å². The first kappa shape index (κ1) is 20.7. The van der Waals surface area contributed by atoms with Gasteiger partial charge in [-0.25, -0.2) is 0 Å². The molecule has 3 aromatic rings. The summed E-state index contributed by atoms with van der Waals surface area (Å²) in [6, 6.07) is 14.9. The monoisotopic (exact) mass is 409 g/mol. The van der Waals surface area contributed by atoms with Gasteiger partial charge in [-0.05, 0) is 72.2 Å². The van der Waals surface area contributed by atoms with Crippen LogP contribution in [0.2, 0.25) is 0 Å². The van der Waals surface area contributed by atoms with Crippen LogP contribution in [0.1, 0.15) is 49.5 Å². The van der Waals surface area contributed by atoms with Crippen molar-refractivity contribution in [2.45, 2.75) is 44.0 Å². The first-order chi connectivity index (χ1) is 13.8. The number of thioether (sulfide) groups is 1. The second kappa shape index (κ2) is 9.00. The Morgan fingerprint density at radius 2 is 1.66 bits per heavy atom. The van der Waals surface area contributed by atoms with Crippen molar-refractivity contribution in [1.82, 2.24) is 20.2 Å². The molecule has 2 aromatic carbocycles. The van der Waals surface area contributed by atoms with E-state index in [-0.39, 0.29) is 11.7 Å². The van der Waals surface area contributed by atoms with Gasteiger partial charge in [0.1, 0.15) is 0 Å². The van der Waals surface area contributed by atoms with Crippen molar-refractivity contribution in [3.63, 3.8) is 0 Å². The summed E-state index contributed by atoms with van der Waals surface area (Å²) in [6.07, 6.45) is 0. The molecule has 0 saturated carbocycles. The average molecular weight is 410 g/mol. The van der Waals surface area contributed by atoms with Crippen LogP contribution in [0.3, 0.4) is 0 Å². The van der Waals surface area contributed by atoms with Crippen LogP contribution in [-0.2, 0) is 4.79 Å². The Morgan fingerprint density at radius 3 is 2.24 bits per heavy atom. The van der Waals surface area contributed by atoms with Crippen LogP contribution in [0, 0.1) is 0 Å². The van der Waals surface area contributed by atoms with Crippen molar-refractivity contribution in [2.75, 3.05) is 5.32 Å². The van der Waals surface area contributed by atoms with E-state index in [2.05, 4.69) is 46.8 Å². The van der Waals surface area contributed by atoms with E-state index in [1.54, 1.807) is 35.9 Å². The normalized spacial score (nSPS) is 12.0. The predicted octanol–water partition coefficient (Wildman–Crippen LogP) is 4.11. The van der Waals surface area contributed by atoms with Gasteiger partial charge in [-0.3, -0.25) is 9.59 Å². The molecule has 7 nitrogen and oxygen atoms in total. The number of hydrogen-bond acceptors (Lipinski definition) is 6. The highest BCUT2D eigenvalue weighted by atomic mass is 32.2. The van der Waals surface area contributed by atoms with Gasteiger partial charge in [-0.1, -0.05) is 37.7 Å². The maximum Gasteiger partial charge on any atom is 0.237 e. The zero-order valence-corrected chi connectivity index (χ0v) is 17.6. The van der Waals surface area contributed by atoms with Gasteiger partial charge in [-0.15, -0.1) is 5.10 Å². The predicted molar refractivity (Wildman–Crippen MR) is 114 cm³/mol. The van der Waals surface area contributed by atoms with E-state index in [1.807, 2.05) is 12.1 Å². The molecule has 1 aromatic heterocycles. The second-order valence-electron chi connectivity index (χ2n) is 7.00. The fraction of sp³-hybridized carbons (Fsp3) is 0.286. The number of nitrogens with zero attached hydrogens (tertiary/aromatic N) is 4. The maximum absolute atomic E-state index is 12.5. The minimum absolute atomic E-state index is 0.0138. The summed E-state index contributed by atoms with van der Waals surface area (Å²) in [6.45, 7) is 7.58. The molecular formula is C21H23N5O2S. The maximum atomic E-state index is 12.5. The SMILES string of the molecule is CC(=O)c1ccc(NC(=O)[C@@H](C)Sc2nnnn2-c2ccc(C(C)C)cc2)cc1. The number of hydrogen-bond donors (Lipinski definition) is 1. The molecule has 1 N–H and O–H groups in total. The summed E-state index contributed by atoms with van der Waals surface area (Å²) in [5.41, 5.74) is 3.32. The Labute approximate surface area is 173 Å². The number of aromatic nitrogens is 4. The number of amides is 1. The smallest absolute Gasteiger partial charge is 0.237 e. The van der Waals surface area contributed by atoms with Crippen molar-refractivity contribution >= 4 is 29.1 Å². The van der Waals surface area contributed by atoms with Gasteiger partial charge in [0.25, 0.3) is 0 Å². The average Bonchev–Trinajstić information content (AvgIpc) is 3.16. The van der Waals surface area contributed by atoms with Gasteiger partial charge in [0.15, 0.2) is 5.78 Å². The molecular weight excluding hydrogens is 386 g/mol. The van der Waals surface area contributed by atoms with Crippen LogP contribution in [0.25, 0.3) is 5.69 Å². The summed E-state index contributed by atoms with van der Waals surface area (Å²) < 4.78 is 1.63. The minimum atomic E-state index is -0.415. The summed E-state index contributed by atoms with van der Waals surface area (Å²) in [5.74, 6) is 0.260. The van der Waals surface area contributed by atoms with Crippen molar-refractivity contribution in [1.29, 1.82) is 0 Å². The van der Waals surface area contributed by atoms with E-state index in [1.165, 1.54) is 24.2 Å². The quantitative estimate of drug-likeness (QED) is 0.467. The highest BCUT2D eigenvalue weighted by Gasteiger charge is 2.19. The fourth-order valence-corrected chi connectivity index (χ4v) is 3.47. The minimum Gasteiger partial charge on any atom is -0.325 e. The lowest BCUT2D eigenvalue weighted by Crippen LogP contribution is -2.23. The first-order valence-electron chi connectivity index (χ1n) is 9.32. The number of nitrogens with one attached hydrogen (secondary N) is 1. The molecule has 29 heavy (non-hydrogen) atoms. The Balaban J connectivity index is 1.67. The first-order valence-corrected chi connectivity index (χ1v) is 10.2. The fourth-order valence-electron chi connectivity index (χ4n) is 2.66. The molecule has 0 unspecified atom stereocenters. The lowest BCUT2D eigenvalue weighted by Gasteiger charge is -2.12. The molecule has 1 atom stereocenters. The van der Waals surface area contributed by atoms with Gasteiger partial charge in [-0.2, -0.15) is 4.68 Å². The van der Waals surface area contributed by atoms with Crippen LogP contribution in [0.15, 0.2) is 53.7 Å². The molecule has 150 valence electrons. The van der Waals surface area contributed by atoms with E-state index in [4.69, 9.17) is 0 Å². The van der Waals surface area contributed by atoms with E-state index in [0.717, 1.165) is 5.69 Å². The van der Waals surface area contributed by atoms with Gasteiger partial charge in [0.2, 0.25) is 11.1 Å². The van der Waals surface area contributed by atoms with Crippen molar-refractivity contribution in [3.8, 4) is 5.69 Å². The Morgan fingerprint density at radius 1 is 1.00 bits per heavy atom. The molecule has 0 fully saturated rings. The molecule has 0 aliphatic rings. The third kappa shape index (κ3) is 5.08. The van der Waals surface area contributed by atoms with Crippen LogP contribution >= 0.6 is 11.8 Å². The lowest BCUT2D eigenvalue weighted by atomic mass is 10.0. The second-order valence-corrected chi connectivity index (χ2v) is 8.31. The zero-order chi connectivity index (χ0) is 21.0. The number of Topliss-reactive ketones (excluding diaryl/α,β-unsaturated/α-hetero) is 1. The van der Waals surface area contributed by atoms with Gasteiger partial charge >= 0.3 is 0 Å². The van der Waals surface area contributed by atoms with Crippen molar-refractivity contribution < 1.29 is 9.59 Å². The van der Waals surface area contributed by atoms with Crippen molar-refractivity contribution in [2.24, 2.45) is 0 Å². The summed E-state index contributed by atoms with van der Waals surface area (Å²) in [4.78, 5) is 23.9. The van der Waals surface area contributed by atoms with E-state index in [9.17, 15) is 9.59 Å². The van der Waals surface area contributed by atoms with Crippen molar-refractivity contribution in [3.05, 3.63) is 59.7 Å². The Kier molecular flexibility index (Phi) is 6.43. The molecule has 0 spiro atoms. The largest absolute Gasteiger partial charge is 0.325 e. The highest BCUT2D eigenvalue weighted by Crippen LogP contribution is 2.25. The highest BCUT2D eigenvalue weighted by molar-refractivity contribution is 8.00.